The molecule has 0 amide bonds. The molecular weight excluding hydrogens is 402 g/mol. The van der Waals surface area contributed by atoms with Gasteiger partial charge < -0.3 is 29.9 Å². The first kappa shape index (κ1) is 23.7. The normalized spacial score (nSPS) is 16.3. The molecule has 2 aromatic carbocycles. The third kappa shape index (κ3) is 7.05. The molecule has 0 saturated carbocycles. The lowest BCUT2D eigenvalue weighted by atomic mass is 10.2. The predicted molar refractivity (Wildman–Crippen MR) is 132 cm³/mol. The Balaban J connectivity index is 1.43. The van der Waals surface area contributed by atoms with Crippen LogP contribution >= 0.6 is 0 Å². The monoisotopic (exact) mass is 439 g/mol. The summed E-state index contributed by atoms with van der Waals surface area (Å²) in [5.74, 6) is 2.65. The Kier molecular flexibility index (Phi) is 9.04. The number of guanidine groups is 1. The molecule has 2 N–H and O–H groups in total. The number of methoxy groups -OCH3 is 1. The predicted octanol–water partition coefficient (Wildman–Crippen LogP) is 2.97. The van der Waals surface area contributed by atoms with Crippen LogP contribution in [0.2, 0.25) is 0 Å². The van der Waals surface area contributed by atoms with Gasteiger partial charge in [-0.3, -0.25) is 4.99 Å². The van der Waals surface area contributed by atoms with Crippen molar-refractivity contribution in [3.8, 4) is 11.5 Å². The first-order chi connectivity index (χ1) is 15.6. The molecule has 3 rings (SSSR count). The molecule has 1 heterocycles. The summed E-state index contributed by atoms with van der Waals surface area (Å²) in [6.45, 7) is 4.39. The molecule has 0 aromatic heterocycles. The van der Waals surface area contributed by atoms with Crippen LogP contribution < -0.4 is 25.0 Å². The van der Waals surface area contributed by atoms with Gasteiger partial charge in [0, 0.05) is 39.3 Å². The second kappa shape index (κ2) is 12.2. The number of anilines is 1. The van der Waals surface area contributed by atoms with Crippen molar-refractivity contribution >= 4 is 11.6 Å². The number of benzene rings is 2. The Hall–Kier alpha value is -2.93. The van der Waals surface area contributed by atoms with Gasteiger partial charge in [-0.2, -0.15) is 0 Å². The van der Waals surface area contributed by atoms with Gasteiger partial charge in [0.05, 0.1) is 19.4 Å². The van der Waals surface area contributed by atoms with Gasteiger partial charge in [0.15, 0.2) is 5.96 Å². The first-order valence-corrected chi connectivity index (χ1v) is 11.3. The fourth-order valence-corrected chi connectivity index (χ4v) is 3.84. The van der Waals surface area contributed by atoms with Gasteiger partial charge in [0.2, 0.25) is 0 Å². The zero-order valence-electron chi connectivity index (χ0n) is 19.8. The molecule has 0 radical (unpaired) electrons. The third-order valence-corrected chi connectivity index (χ3v) is 5.58. The lowest BCUT2D eigenvalue weighted by molar-refractivity contribution is 0.281. The Labute approximate surface area is 192 Å². The number of hydrogen-bond acceptors (Lipinski definition) is 5. The summed E-state index contributed by atoms with van der Waals surface area (Å²) in [6, 6.07) is 16.8. The molecular formula is C25H37N5O2. The number of hydrogen-bond donors (Lipinski definition) is 2. The SMILES string of the molecule is CN=C(NCc1ccc(OCCCN(C)C)cc1)NC1CCN(c2ccccc2OC)C1. The topological polar surface area (TPSA) is 61.4 Å². The van der Waals surface area contributed by atoms with Gasteiger partial charge >= 0.3 is 0 Å². The summed E-state index contributed by atoms with van der Waals surface area (Å²) in [6.07, 6.45) is 2.08. The summed E-state index contributed by atoms with van der Waals surface area (Å²) in [5.41, 5.74) is 2.34. The van der Waals surface area contributed by atoms with Crippen molar-refractivity contribution in [3.05, 3.63) is 54.1 Å². The molecule has 7 nitrogen and oxygen atoms in total. The zero-order valence-corrected chi connectivity index (χ0v) is 19.8. The van der Waals surface area contributed by atoms with E-state index in [2.05, 4.69) is 63.8 Å². The van der Waals surface area contributed by atoms with Crippen LogP contribution in [0, 0.1) is 0 Å². The second-order valence-corrected chi connectivity index (χ2v) is 8.32. The molecule has 1 aliphatic heterocycles. The van der Waals surface area contributed by atoms with Gasteiger partial charge in [-0.1, -0.05) is 24.3 Å². The van der Waals surface area contributed by atoms with Crippen molar-refractivity contribution in [1.82, 2.24) is 15.5 Å². The largest absolute Gasteiger partial charge is 0.495 e. The Bertz CT molecular complexity index is 854. The molecule has 1 unspecified atom stereocenters. The van der Waals surface area contributed by atoms with Crippen molar-refractivity contribution in [2.45, 2.75) is 25.4 Å². The number of rotatable bonds is 10. The average molecular weight is 440 g/mol. The van der Waals surface area contributed by atoms with Crippen molar-refractivity contribution in [2.75, 3.05) is 59.4 Å². The van der Waals surface area contributed by atoms with E-state index in [1.54, 1.807) is 7.11 Å². The highest BCUT2D eigenvalue weighted by Crippen LogP contribution is 2.30. The molecule has 0 aliphatic carbocycles. The fraction of sp³-hybridized carbons (Fsp3) is 0.480. The van der Waals surface area contributed by atoms with Crippen LogP contribution in [0.4, 0.5) is 5.69 Å². The van der Waals surface area contributed by atoms with Crippen LogP contribution in [-0.4, -0.2) is 71.4 Å². The first-order valence-electron chi connectivity index (χ1n) is 11.3. The van der Waals surface area contributed by atoms with Crippen LogP contribution in [0.5, 0.6) is 11.5 Å². The van der Waals surface area contributed by atoms with Crippen molar-refractivity contribution < 1.29 is 9.47 Å². The van der Waals surface area contributed by atoms with E-state index < -0.39 is 0 Å². The van der Waals surface area contributed by atoms with E-state index in [0.29, 0.717) is 12.6 Å². The summed E-state index contributed by atoms with van der Waals surface area (Å²) in [7, 11) is 7.69. The maximum atomic E-state index is 5.81. The summed E-state index contributed by atoms with van der Waals surface area (Å²) < 4.78 is 11.3. The molecule has 1 atom stereocenters. The summed E-state index contributed by atoms with van der Waals surface area (Å²) in [4.78, 5) is 8.93. The number of ether oxygens (including phenoxy) is 2. The molecule has 7 heteroatoms. The Morgan fingerprint density at radius 2 is 1.94 bits per heavy atom. The third-order valence-electron chi connectivity index (χ3n) is 5.58. The molecule has 1 saturated heterocycles. The van der Waals surface area contributed by atoms with Crippen molar-refractivity contribution in [1.29, 1.82) is 0 Å². The minimum absolute atomic E-state index is 0.337. The molecule has 0 bridgehead atoms. The summed E-state index contributed by atoms with van der Waals surface area (Å²) >= 11 is 0. The fourth-order valence-electron chi connectivity index (χ4n) is 3.84. The number of para-hydroxylation sites is 2. The maximum Gasteiger partial charge on any atom is 0.191 e. The lowest BCUT2D eigenvalue weighted by Crippen LogP contribution is -2.44. The highest BCUT2D eigenvalue weighted by molar-refractivity contribution is 5.80. The highest BCUT2D eigenvalue weighted by Gasteiger charge is 2.25. The lowest BCUT2D eigenvalue weighted by Gasteiger charge is -2.22. The van der Waals surface area contributed by atoms with Crippen LogP contribution in [0.25, 0.3) is 0 Å². The van der Waals surface area contributed by atoms with E-state index in [1.807, 2.05) is 31.3 Å². The van der Waals surface area contributed by atoms with Gasteiger partial charge in [0.1, 0.15) is 11.5 Å². The van der Waals surface area contributed by atoms with Crippen molar-refractivity contribution in [2.24, 2.45) is 4.99 Å². The molecule has 1 aliphatic rings. The van der Waals surface area contributed by atoms with Gasteiger partial charge in [-0.15, -0.1) is 0 Å². The molecule has 174 valence electrons. The van der Waals surface area contributed by atoms with E-state index in [4.69, 9.17) is 9.47 Å². The van der Waals surface area contributed by atoms with Gasteiger partial charge in [-0.05, 0) is 56.8 Å². The number of nitrogens with zero attached hydrogens (tertiary/aromatic N) is 3. The minimum atomic E-state index is 0.337. The number of nitrogens with one attached hydrogen (secondary N) is 2. The Morgan fingerprint density at radius 1 is 1.16 bits per heavy atom. The number of aliphatic imine (C=N–C) groups is 1. The second-order valence-electron chi connectivity index (χ2n) is 8.32. The molecule has 2 aromatic rings. The molecule has 0 spiro atoms. The van der Waals surface area contributed by atoms with Crippen LogP contribution in [0.3, 0.4) is 0 Å². The maximum absolute atomic E-state index is 5.81. The zero-order chi connectivity index (χ0) is 22.8. The minimum Gasteiger partial charge on any atom is -0.495 e. The Morgan fingerprint density at radius 3 is 2.66 bits per heavy atom. The van der Waals surface area contributed by atoms with E-state index in [0.717, 1.165) is 62.2 Å². The smallest absolute Gasteiger partial charge is 0.191 e. The van der Waals surface area contributed by atoms with Crippen LogP contribution in [-0.2, 0) is 6.54 Å². The standard InChI is InChI=1S/C25H37N5O2/c1-26-25(27-18-20-10-12-22(13-11-20)32-17-7-15-29(2)3)28-21-14-16-30(19-21)23-8-5-6-9-24(23)31-4/h5-6,8-13,21H,7,14-19H2,1-4H3,(H2,26,27,28). The van der Waals surface area contributed by atoms with Gasteiger partial charge in [0.25, 0.3) is 0 Å². The van der Waals surface area contributed by atoms with E-state index in [-0.39, 0.29) is 0 Å². The van der Waals surface area contributed by atoms with E-state index in [1.165, 1.54) is 5.56 Å². The van der Waals surface area contributed by atoms with Gasteiger partial charge in [-0.25, -0.2) is 0 Å². The quantitative estimate of drug-likeness (QED) is 0.337. The average Bonchev–Trinajstić information content (AvgIpc) is 3.28. The van der Waals surface area contributed by atoms with E-state index >= 15 is 0 Å². The summed E-state index contributed by atoms with van der Waals surface area (Å²) in [5, 5.41) is 6.98. The van der Waals surface area contributed by atoms with Crippen molar-refractivity contribution in [3.63, 3.8) is 0 Å². The molecule has 32 heavy (non-hydrogen) atoms. The van der Waals surface area contributed by atoms with Crippen LogP contribution in [0.15, 0.2) is 53.5 Å². The molecule has 1 fully saturated rings. The van der Waals surface area contributed by atoms with Crippen LogP contribution in [0.1, 0.15) is 18.4 Å². The van der Waals surface area contributed by atoms with E-state index in [9.17, 15) is 0 Å². The highest BCUT2D eigenvalue weighted by atomic mass is 16.5.